The van der Waals surface area contributed by atoms with Crippen molar-refractivity contribution in [3.05, 3.63) is 59.5 Å². The first-order chi connectivity index (χ1) is 23.8. The summed E-state index contributed by atoms with van der Waals surface area (Å²) in [5.41, 5.74) is 1.58. The van der Waals surface area contributed by atoms with Crippen LogP contribution in [0.3, 0.4) is 0 Å². The standard InChI is InChI=1S/C34H30F6N6O3S/c1-4-23(47)46-11-8-22(16(46)2)49-31-19-12-20(34(38,39)40)24(18-6-7-21(36)29-25(18)28(42-3)30(41)50-29)26(37)27(19)43-32(44-31)48-15-33-9-5-10-45(33)14-17(35)13-33/h4,6-7,12,16-17,22H,1,5,8-11,13-15,41H2,2H3. The Morgan fingerprint density at radius 1 is 1.28 bits per heavy atom. The SMILES string of the molecule is [C-]#[N+]c1c(N)sc2c(F)ccc(-c3c(C(F)(F)F)cc4c(OC5CCN(C(=O)C=C)C5C)nc(OCC56CCCN5CC(F)C6)nc4c3F)c12. The van der Waals surface area contributed by atoms with Crippen molar-refractivity contribution in [3.63, 3.8) is 0 Å². The van der Waals surface area contributed by atoms with Crippen LogP contribution in [0.2, 0.25) is 0 Å². The molecule has 3 aliphatic rings. The highest BCUT2D eigenvalue weighted by Gasteiger charge is 2.49. The first-order valence-corrected chi connectivity index (χ1v) is 16.7. The largest absolute Gasteiger partial charge is 0.471 e. The third kappa shape index (κ3) is 5.47. The van der Waals surface area contributed by atoms with Gasteiger partial charge in [-0.05, 0) is 50.1 Å². The normalized spacial score (nSPS) is 23.8. The number of amides is 1. The fourth-order valence-electron chi connectivity index (χ4n) is 7.60. The fraction of sp³-hybridized carbons (Fsp3) is 0.412. The number of benzene rings is 2. The van der Waals surface area contributed by atoms with Gasteiger partial charge in [-0.15, -0.1) is 11.3 Å². The molecule has 5 heterocycles. The first kappa shape index (κ1) is 33.9. The van der Waals surface area contributed by atoms with Crippen molar-refractivity contribution in [1.82, 2.24) is 19.8 Å². The summed E-state index contributed by atoms with van der Waals surface area (Å²) >= 11 is 0.669. The molecule has 16 heteroatoms. The smallest absolute Gasteiger partial charge is 0.417 e. The van der Waals surface area contributed by atoms with Gasteiger partial charge >= 0.3 is 12.2 Å². The van der Waals surface area contributed by atoms with E-state index in [4.69, 9.17) is 21.8 Å². The van der Waals surface area contributed by atoms with Gasteiger partial charge < -0.3 is 20.1 Å². The lowest BCUT2D eigenvalue weighted by atomic mass is 9.93. The lowest BCUT2D eigenvalue weighted by Gasteiger charge is -2.31. The van der Waals surface area contributed by atoms with E-state index in [9.17, 15) is 26.7 Å². The van der Waals surface area contributed by atoms with Crippen LogP contribution in [-0.4, -0.2) is 75.8 Å². The molecular formula is C34H30F6N6O3S. The quantitative estimate of drug-likeness (QED) is 0.121. The van der Waals surface area contributed by atoms with Gasteiger partial charge in [0, 0.05) is 36.9 Å². The molecule has 4 atom stereocenters. The number of nitrogens with two attached hydrogens (primary N) is 1. The Morgan fingerprint density at radius 2 is 2.06 bits per heavy atom. The molecule has 3 saturated heterocycles. The minimum absolute atomic E-state index is 0.0595. The molecule has 0 saturated carbocycles. The molecule has 0 aliphatic carbocycles. The average Bonchev–Trinajstić information content (AvgIpc) is 3.81. The van der Waals surface area contributed by atoms with Gasteiger partial charge in [0.15, 0.2) is 5.82 Å². The summed E-state index contributed by atoms with van der Waals surface area (Å²) in [7, 11) is 0. The number of nitrogen functional groups attached to an aromatic ring is 1. The van der Waals surface area contributed by atoms with E-state index in [1.165, 1.54) is 4.90 Å². The van der Waals surface area contributed by atoms with Gasteiger partial charge in [0.1, 0.15) is 30.2 Å². The number of nitrogens with zero attached hydrogens (tertiary/aromatic N) is 5. The summed E-state index contributed by atoms with van der Waals surface area (Å²) in [6.07, 6.45) is -3.89. The van der Waals surface area contributed by atoms with Crippen LogP contribution >= 0.6 is 11.3 Å². The number of anilines is 1. The summed E-state index contributed by atoms with van der Waals surface area (Å²) < 4.78 is 103. The monoisotopic (exact) mass is 716 g/mol. The Labute approximate surface area is 286 Å². The lowest BCUT2D eigenvalue weighted by molar-refractivity contribution is -0.137. The lowest BCUT2D eigenvalue weighted by Crippen LogP contribution is -2.43. The van der Waals surface area contributed by atoms with E-state index in [1.54, 1.807) is 6.92 Å². The molecule has 3 aliphatic heterocycles. The van der Waals surface area contributed by atoms with E-state index in [0.29, 0.717) is 30.4 Å². The zero-order valence-electron chi connectivity index (χ0n) is 26.6. The molecule has 4 aromatic rings. The number of hydrogen-bond donors (Lipinski definition) is 1. The van der Waals surface area contributed by atoms with E-state index < -0.39 is 81.2 Å². The van der Waals surface area contributed by atoms with Crippen molar-refractivity contribution in [3.8, 4) is 23.0 Å². The van der Waals surface area contributed by atoms with Crippen LogP contribution in [0.4, 0.5) is 37.0 Å². The van der Waals surface area contributed by atoms with Crippen molar-refractivity contribution in [2.24, 2.45) is 0 Å². The minimum Gasteiger partial charge on any atom is -0.471 e. The Hall–Kier alpha value is -4.62. The first-order valence-electron chi connectivity index (χ1n) is 15.9. The molecule has 1 amide bonds. The molecule has 2 N–H and O–H groups in total. The molecule has 7 rings (SSSR count). The summed E-state index contributed by atoms with van der Waals surface area (Å²) in [6, 6.07) is 1.56. The van der Waals surface area contributed by atoms with Gasteiger partial charge in [-0.3, -0.25) is 9.69 Å². The molecule has 262 valence electrons. The van der Waals surface area contributed by atoms with Gasteiger partial charge in [0.2, 0.25) is 17.5 Å². The second-order valence-electron chi connectivity index (χ2n) is 12.8. The number of thiophene rings is 1. The molecule has 0 radical (unpaired) electrons. The number of carbonyl (C=O) groups excluding carboxylic acids is 1. The number of hydrogen-bond acceptors (Lipinski definition) is 8. The maximum atomic E-state index is 17.0. The minimum atomic E-state index is -5.15. The number of likely N-dealkylation sites (tertiary alicyclic amines) is 1. The molecule has 4 unspecified atom stereocenters. The predicted molar refractivity (Wildman–Crippen MR) is 175 cm³/mol. The van der Waals surface area contributed by atoms with Gasteiger partial charge in [-0.2, -0.15) is 23.1 Å². The maximum Gasteiger partial charge on any atom is 0.417 e. The highest BCUT2D eigenvalue weighted by molar-refractivity contribution is 7.23. The van der Waals surface area contributed by atoms with Crippen molar-refractivity contribution < 1.29 is 40.6 Å². The van der Waals surface area contributed by atoms with E-state index in [0.717, 1.165) is 24.6 Å². The third-order valence-electron chi connectivity index (χ3n) is 9.99. The molecule has 9 nitrogen and oxygen atoms in total. The zero-order chi connectivity index (χ0) is 35.7. The second-order valence-corrected chi connectivity index (χ2v) is 13.9. The van der Waals surface area contributed by atoms with E-state index in [-0.39, 0.29) is 59.2 Å². The van der Waals surface area contributed by atoms with Crippen molar-refractivity contribution in [2.75, 3.05) is 32.0 Å². The number of alkyl halides is 4. The van der Waals surface area contributed by atoms with Crippen LogP contribution in [0, 0.1) is 18.2 Å². The van der Waals surface area contributed by atoms with Gasteiger partial charge in [-0.25, -0.2) is 18.0 Å². The van der Waals surface area contributed by atoms with Gasteiger partial charge in [0.25, 0.3) is 0 Å². The average molecular weight is 717 g/mol. The van der Waals surface area contributed by atoms with E-state index in [2.05, 4.69) is 21.4 Å². The van der Waals surface area contributed by atoms with E-state index >= 15 is 4.39 Å². The third-order valence-corrected chi connectivity index (χ3v) is 11.0. The van der Waals surface area contributed by atoms with Gasteiger partial charge in [0.05, 0.1) is 38.8 Å². The van der Waals surface area contributed by atoms with Crippen molar-refractivity contribution in [1.29, 1.82) is 0 Å². The van der Waals surface area contributed by atoms with Crippen molar-refractivity contribution >= 4 is 48.9 Å². The van der Waals surface area contributed by atoms with Crippen molar-refractivity contribution in [2.45, 2.75) is 62.6 Å². The molecule has 50 heavy (non-hydrogen) atoms. The highest BCUT2D eigenvalue weighted by Crippen LogP contribution is 2.51. The van der Waals surface area contributed by atoms with Crippen LogP contribution in [-0.2, 0) is 11.0 Å². The number of ether oxygens (including phenoxy) is 2. The summed E-state index contributed by atoms with van der Waals surface area (Å²) in [5.74, 6) is -3.05. The number of halogens is 6. The Kier molecular flexibility index (Phi) is 8.33. The van der Waals surface area contributed by atoms with E-state index in [1.807, 2.05) is 4.90 Å². The predicted octanol–water partition coefficient (Wildman–Crippen LogP) is 7.45. The van der Waals surface area contributed by atoms with Crippen LogP contribution in [0.5, 0.6) is 11.9 Å². The summed E-state index contributed by atoms with van der Waals surface area (Å²) in [5, 5.41) is -0.824. The molecule has 2 aromatic carbocycles. The van der Waals surface area contributed by atoms with Crippen LogP contribution < -0.4 is 15.2 Å². The second kappa shape index (κ2) is 12.3. The van der Waals surface area contributed by atoms with Crippen LogP contribution in [0.1, 0.15) is 38.2 Å². The fourth-order valence-corrected chi connectivity index (χ4v) is 8.54. The van der Waals surface area contributed by atoms with Crippen LogP contribution in [0.15, 0.2) is 30.9 Å². The number of fused-ring (bicyclic) bond motifs is 3. The molecular weight excluding hydrogens is 686 g/mol. The summed E-state index contributed by atoms with van der Waals surface area (Å²) in [6.45, 7) is 13.9. The molecule has 3 fully saturated rings. The molecule has 0 bridgehead atoms. The highest BCUT2D eigenvalue weighted by atomic mass is 32.1. The Morgan fingerprint density at radius 3 is 2.78 bits per heavy atom. The number of aromatic nitrogens is 2. The Bertz CT molecular complexity index is 2100. The topological polar surface area (TPSA) is 98.2 Å². The Balaban J connectivity index is 1.42. The molecule has 2 aromatic heterocycles. The molecule has 0 spiro atoms. The summed E-state index contributed by atoms with van der Waals surface area (Å²) in [4.78, 5) is 27.7. The van der Waals surface area contributed by atoms with Gasteiger partial charge in [-0.1, -0.05) is 12.6 Å². The zero-order valence-corrected chi connectivity index (χ0v) is 27.4. The maximum absolute atomic E-state index is 17.0. The number of carbonyl (C=O) groups is 1. The number of rotatable bonds is 7. The van der Waals surface area contributed by atoms with Crippen LogP contribution in [0.25, 0.3) is 37.0 Å².